The van der Waals surface area contributed by atoms with Gasteiger partial charge >= 0.3 is 0 Å². The van der Waals surface area contributed by atoms with E-state index in [1.54, 1.807) is 0 Å². The fraction of sp³-hybridized carbons (Fsp3) is 0.188. The number of nitrogens with one attached hydrogen (secondary N) is 2. The summed E-state index contributed by atoms with van der Waals surface area (Å²) in [6, 6.07) is 16.5. The molecule has 1 heterocycles. The summed E-state index contributed by atoms with van der Waals surface area (Å²) < 4.78 is 1.11. The van der Waals surface area contributed by atoms with Crippen molar-refractivity contribution >= 4 is 39.9 Å². The summed E-state index contributed by atoms with van der Waals surface area (Å²) in [6.07, 6.45) is 1.32. The third-order valence-corrected chi connectivity index (χ3v) is 4.12. The summed E-state index contributed by atoms with van der Waals surface area (Å²) in [6.45, 7) is 0. The van der Waals surface area contributed by atoms with Gasteiger partial charge in [0.25, 0.3) is 0 Å². The first-order valence-corrected chi connectivity index (χ1v) is 7.71. The van der Waals surface area contributed by atoms with Crippen LogP contribution in [0.25, 0.3) is 0 Å². The van der Waals surface area contributed by atoms with E-state index in [1.165, 1.54) is 5.56 Å². The maximum Gasteiger partial charge on any atom is 0.224 e. The van der Waals surface area contributed by atoms with E-state index in [-0.39, 0.29) is 11.9 Å². The Bertz CT molecular complexity index is 628. The number of benzene rings is 2. The van der Waals surface area contributed by atoms with Gasteiger partial charge in [-0.1, -0.05) is 30.3 Å². The molecule has 2 aromatic rings. The molecule has 2 aromatic carbocycles. The molecule has 1 aliphatic rings. The van der Waals surface area contributed by atoms with Gasteiger partial charge in [0.05, 0.1) is 17.4 Å². The standard InChI is InChI=1S/C16H15IN2O/c17-12-6-7-14-15(10-12)19-16(20)9-8-13(18-14)11-4-2-1-3-5-11/h1-7,10,13,18H,8-9H2,(H,19,20). The SMILES string of the molecule is O=C1CCC(c2ccccc2)Nc2ccc(I)cc2N1. The van der Waals surface area contributed by atoms with E-state index in [9.17, 15) is 4.79 Å². The molecule has 4 heteroatoms. The molecular weight excluding hydrogens is 363 g/mol. The summed E-state index contributed by atoms with van der Waals surface area (Å²) in [5, 5.41) is 6.51. The van der Waals surface area contributed by atoms with Gasteiger partial charge in [0, 0.05) is 9.99 Å². The summed E-state index contributed by atoms with van der Waals surface area (Å²) in [5.74, 6) is 0.0793. The molecule has 3 nitrogen and oxygen atoms in total. The van der Waals surface area contributed by atoms with Crippen molar-refractivity contribution in [3.8, 4) is 0 Å². The van der Waals surface area contributed by atoms with Crippen LogP contribution in [0.3, 0.4) is 0 Å². The lowest BCUT2D eigenvalue weighted by molar-refractivity contribution is -0.116. The highest BCUT2D eigenvalue weighted by Gasteiger charge is 2.19. The van der Waals surface area contributed by atoms with Crippen molar-refractivity contribution in [3.63, 3.8) is 0 Å². The number of carbonyl (C=O) groups excluding carboxylic acids is 1. The van der Waals surface area contributed by atoms with Crippen LogP contribution in [0, 0.1) is 3.57 Å². The molecule has 1 amide bonds. The van der Waals surface area contributed by atoms with Gasteiger partial charge < -0.3 is 10.6 Å². The van der Waals surface area contributed by atoms with Crippen LogP contribution in [0.5, 0.6) is 0 Å². The molecule has 0 fully saturated rings. The molecule has 0 radical (unpaired) electrons. The number of halogens is 1. The number of fused-ring (bicyclic) bond motifs is 1. The van der Waals surface area contributed by atoms with E-state index in [4.69, 9.17) is 0 Å². The van der Waals surface area contributed by atoms with E-state index >= 15 is 0 Å². The molecule has 0 saturated heterocycles. The Kier molecular flexibility index (Phi) is 3.91. The maximum atomic E-state index is 11.9. The topological polar surface area (TPSA) is 41.1 Å². The number of carbonyl (C=O) groups is 1. The smallest absolute Gasteiger partial charge is 0.224 e. The average Bonchev–Trinajstić information content (AvgIpc) is 2.44. The van der Waals surface area contributed by atoms with Crippen LogP contribution < -0.4 is 10.6 Å². The highest BCUT2D eigenvalue weighted by atomic mass is 127. The highest BCUT2D eigenvalue weighted by Crippen LogP contribution is 2.32. The lowest BCUT2D eigenvalue weighted by Gasteiger charge is -2.25. The Morgan fingerprint density at radius 2 is 1.85 bits per heavy atom. The molecule has 0 aromatic heterocycles. The van der Waals surface area contributed by atoms with E-state index in [0.29, 0.717) is 6.42 Å². The molecule has 1 unspecified atom stereocenters. The van der Waals surface area contributed by atoms with E-state index in [2.05, 4.69) is 45.4 Å². The molecule has 102 valence electrons. The molecule has 1 atom stereocenters. The van der Waals surface area contributed by atoms with Crippen LogP contribution in [0.4, 0.5) is 11.4 Å². The quantitative estimate of drug-likeness (QED) is 0.732. The van der Waals surface area contributed by atoms with Gasteiger partial charge in [0.2, 0.25) is 5.91 Å². The lowest BCUT2D eigenvalue weighted by Crippen LogP contribution is -2.21. The first-order valence-electron chi connectivity index (χ1n) is 6.63. The van der Waals surface area contributed by atoms with Crippen LogP contribution in [-0.2, 0) is 4.79 Å². The minimum atomic E-state index is 0.0793. The largest absolute Gasteiger partial charge is 0.377 e. The summed E-state index contributed by atoms with van der Waals surface area (Å²) in [7, 11) is 0. The second-order valence-electron chi connectivity index (χ2n) is 4.88. The number of hydrogen-bond acceptors (Lipinski definition) is 2. The second kappa shape index (κ2) is 5.83. The van der Waals surface area contributed by atoms with Gasteiger partial charge in [0.15, 0.2) is 0 Å². The first kappa shape index (κ1) is 13.4. The summed E-state index contributed by atoms with van der Waals surface area (Å²) in [4.78, 5) is 11.9. The Labute approximate surface area is 131 Å². The van der Waals surface area contributed by atoms with Gasteiger partial charge in [-0.2, -0.15) is 0 Å². The predicted octanol–water partition coefficient (Wildman–Crippen LogP) is 4.18. The number of hydrogen-bond donors (Lipinski definition) is 2. The van der Waals surface area contributed by atoms with E-state index in [0.717, 1.165) is 21.4 Å². The van der Waals surface area contributed by atoms with Crippen molar-refractivity contribution in [2.75, 3.05) is 10.6 Å². The summed E-state index contributed by atoms with van der Waals surface area (Å²) >= 11 is 2.25. The minimum absolute atomic E-state index is 0.0793. The zero-order valence-electron chi connectivity index (χ0n) is 10.9. The zero-order valence-corrected chi connectivity index (χ0v) is 13.1. The van der Waals surface area contributed by atoms with Crippen LogP contribution >= 0.6 is 22.6 Å². The van der Waals surface area contributed by atoms with Crippen LogP contribution in [-0.4, -0.2) is 5.91 Å². The van der Waals surface area contributed by atoms with Crippen LogP contribution in [0.1, 0.15) is 24.4 Å². The fourth-order valence-electron chi connectivity index (χ4n) is 2.43. The first-order chi connectivity index (χ1) is 9.72. The van der Waals surface area contributed by atoms with Crippen molar-refractivity contribution in [1.82, 2.24) is 0 Å². The molecule has 0 spiro atoms. The molecule has 0 saturated carbocycles. The molecule has 0 bridgehead atoms. The Hall–Kier alpha value is -1.56. The second-order valence-corrected chi connectivity index (χ2v) is 6.13. The Morgan fingerprint density at radius 1 is 1.05 bits per heavy atom. The van der Waals surface area contributed by atoms with Crippen molar-refractivity contribution < 1.29 is 4.79 Å². The molecule has 20 heavy (non-hydrogen) atoms. The number of rotatable bonds is 1. The Morgan fingerprint density at radius 3 is 2.65 bits per heavy atom. The molecule has 3 rings (SSSR count). The van der Waals surface area contributed by atoms with Gasteiger partial charge in [-0.05, 0) is 52.8 Å². The monoisotopic (exact) mass is 378 g/mol. The fourth-order valence-corrected chi connectivity index (χ4v) is 2.92. The van der Waals surface area contributed by atoms with Crippen LogP contribution in [0.2, 0.25) is 0 Å². The lowest BCUT2D eigenvalue weighted by atomic mass is 10.00. The van der Waals surface area contributed by atoms with Crippen molar-refractivity contribution in [2.24, 2.45) is 0 Å². The third kappa shape index (κ3) is 2.95. The van der Waals surface area contributed by atoms with Gasteiger partial charge in [-0.25, -0.2) is 0 Å². The third-order valence-electron chi connectivity index (χ3n) is 3.45. The highest BCUT2D eigenvalue weighted by molar-refractivity contribution is 14.1. The van der Waals surface area contributed by atoms with Crippen LogP contribution in [0.15, 0.2) is 48.5 Å². The number of amides is 1. The van der Waals surface area contributed by atoms with Gasteiger partial charge in [-0.15, -0.1) is 0 Å². The summed E-state index contributed by atoms with van der Waals surface area (Å²) in [5.41, 5.74) is 3.06. The van der Waals surface area contributed by atoms with E-state index < -0.39 is 0 Å². The maximum absolute atomic E-state index is 11.9. The Balaban J connectivity index is 1.97. The predicted molar refractivity (Wildman–Crippen MR) is 89.8 cm³/mol. The molecule has 1 aliphatic heterocycles. The minimum Gasteiger partial charge on any atom is -0.377 e. The van der Waals surface area contributed by atoms with Crippen molar-refractivity contribution in [3.05, 3.63) is 57.7 Å². The zero-order chi connectivity index (χ0) is 13.9. The molecule has 0 aliphatic carbocycles. The molecule has 2 N–H and O–H groups in total. The average molecular weight is 378 g/mol. The number of anilines is 2. The van der Waals surface area contributed by atoms with Crippen molar-refractivity contribution in [2.45, 2.75) is 18.9 Å². The van der Waals surface area contributed by atoms with Gasteiger partial charge in [0.1, 0.15) is 0 Å². The van der Waals surface area contributed by atoms with Gasteiger partial charge in [-0.3, -0.25) is 4.79 Å². The van der Waals surface area contributed by atoms with E-state index in [1.807, 2.05) is 36.4 Å². The molecular formula is C16H15IN2O. The van der Waals surface area contributed by atoms with Crippen molar-refractivity contribution in [1.29, 1.82) is 0 Å². The normalized spacial score (nSPS) is 18.2.